The van der Waals surface area contributed by atoms with Gasteiger partial charge in [0.05, 0.1) is 10.8 Å². The molecule has 5 nitrogen and oxygen atoms in total. The minimum Gasteiger partial charge on any atom is -0.482 e. The Morgan fingerprint density at radius 1 is 1.10 bits per heavy atom. The van der Waals surface area contributed by atoms with Gasteiger partial charge in [0.15, 0.2) is 6.61 Å². The summed E-state index contributed by atoms with van der Waals surface area (Å²) < 4.78 is 10.7. The van der Waals surface area contributed by atoms with Crippen LogP contribution in [0.5, 0.6) is 5.75 Å². The zero-order valence-electron chi connectivity index (χ0n) is 10.3. The Morgan fingerprint density at radius 2 is 1.85 bits per heavy atom. The number of carboxylic acid groups (broad SMARTS) is 1. The summed E-state index contributed by atoms with van der Waals surface area (Å²) in [5, 5.41) is 9.52. The first-order valence-corrected chi connectivity index (χ1v) is 5.95. The zero-order chi connectivity index (χ0) is 14.1. The second-order valence-electron chi connectivity index (χ2n) is 4.27. The van der Waals surface area contributed by atoms with Gasteiger partial charge in [0.1, 0.15) is 16.9 Å². The molecular formula is C15H10O5. The molecule has 0 fully saturated rings. The van der Waals surface area contributed by atoms with Gasteiger partial charge < -0.3 is 14.3 Å². The molecule has 0 unspecified atom stereocenters. The van der Waals surface area contributed by atoms with Gasteiger partial charge in [-0.25, -0.2) is 4.79 Å². The number of hydrogen-bond acceptors (Lipinski definition) is 4. The second kappa shape index (κ2) is 4.70. The molecule has 100 valence electrons. The summed E-state index contributed by atoms with van der Waals surface area (Å²) in [6.45, 7) is -0.441. The van der Waals surface area contributed by atoms with Gasteiger partial charge >= 0.3 is 5.97 Å². The van der Waals surface area contributed by atoms with Crippen LogP contribution in [0.3, 0.4) is 0 Å². The third kappa shape index (κ3) is 2.09. The fraction of sp³-hybridized carbons (Fsp3) is 0.0667. The minimum atomic E-state index is -1.06. The summed E-state index contributed by atoms with van der Waals surface area (Å²) in [7, 11) is 0. The Labute approximate surface area is 113 Å². The highest BCUT2D eigenvalue weighted by Gasteiger charge is 2.08. The van der Waals surface area contributed by atoms with E-state index in [2.05, 4.69) is 0 Å². The van der Waals surface area contributed by atoms with Crippen LogP contribution in [0.25, 0.3) is 21.9 Å². The lowest BCUT2D eigenvalue weighted by Crippen LogP contribution is -2.09. The molecular weight excluding hydrogens is 260 g/mol. The van der Waals surface area contributed by atoms with E-state index in [-0.39, 0.29) is 5.43 Å². The van der Waals surface area contributed by atoms with E-state index in [1.54, 1.807) is 36.4 Å². The van der Waals surface area contributed by atoms with Crippen LogP contribution in [0.4, 0.5) is 0 Å². The van der Waals surface area contributed by atoms with Gasteiger partial charge in [-0.1, -0.05) is 12.1 Å². The third-order valence-electron chi connectivity index (χ3n) is 2.91. The molecule has 1 heterocycles. The standard InChI is InChI=1S/C15H10O5/c16-14(17)8-19-9-5-6-11-13(7-9)20-12-4-2-1-3-10(12)15(11)18/h1-7H,8H2,(H,16,17). The van der Waals surface area contributed by atoms with Gasteiger partial charge in [-0.05, 0) is 24.3 Å². The van der Waals surface area contributed by atoms with Crippen LogP contribution >= 0.6 is 0 Å². The molecule has 0 saturated carbocycles. The summed E-state index contributed by atoms with van der Waals surface area (Å²) >= 11 is 0. The maximum atomic E-state index is 12.3. The van der Waals surface area contributed by atoms with Gasteiger partial charge in [0.2, 0.25) is 5.43 Å². The Kier molecular flexibility index (Phi) is 2.87. The monoisotopic (exact) mass is 270 g/mol. The molecule has 0 aliphatic rings. The van der Waals surface area contributed by atoms with Crippen molar-refractivity contribution >= 4 is 27.9 Å². The van der Waals surface area contributed by atoms with Crippen LogP contribution in [-0.2, 0) is 4.79 Å². The van der Waals surface area contributed by atoms with Gasteiger partial charge in [0.25, 0.3) is 0 Å². The van der Waals surface area contributed by atoms with Gasteiger partial charge in [0, 0.05) is 6.07 Å². The lowest BCUT2D eigenvalue weighted by atomic mass is 10.1. The van der Waals surface area contributed by atoms with Gasteiger partial charge in [-0.2, -0.15) is 0 Å². The number of ether oxygens (including phenoxy) is 1. The van der Waals surface area contributed by atoms with Crippen molar-refractivity contribution in [2.45, 2.75) is 0 Å². The Hall–Kier alpha value is -2.82. The van der Waals surface area contributed by atoms with Gasteiger partial charge in [-0.3, -0.25) is 4.79 Å². The highest BCUT2D eigenvalue weighted by Crippen LogP contribution is 2.22. The molecule has 20 heavy (non-hydrogen) atoms. The van der Waals surface area contributed by atoms with Gasteiger partial charge in [-0.15, -0.1) is 0 Å². The van der Waals surface area contributed by atoms with Crippen LogP contribution in [0.15, 0.2) is 51.7 Å². The quantitative estimate of drug-likeness (QED) is 0.739. The number of benzene rings is 2. The average Bonchev–Trinajstić information content (AvgIpc) is 2.45. The SMILES string of the molecule is O=C(O)COc1ccc2c(=O)c3ccccc3oc2c1. The van der Waals surface area contributed by atoms with Crippen LogP contribution in [0, 0.1) is 0 Å². The van der Waals surface area contributed by atoms with E-state index >= 15 is 0 Å². The number of rotatable bonds is 3. The Bertz CT molecular complexity index is 863. The number of hydrogen-bond donors (Lipinski definition) is 1. The van der Waals surface area contributed by atoms with Crippen molar-refractivity contribution in [3.8, 4) is 5.75 Å². The number of carboxylic acids is 1. The number of carbonyl (C=O) groups is 1. The predicted octanol–water partition coefficient (Wildman–Crippen LogP) is 2.41. The lowest BCUT2D eigenvalue weighted by Gasteiger charge is -2.05. The fourth-order valence-electron chi connectivity index (χ4n) is 2.02. The van der Waals surface area contributed by atoms with Crippen molar-refractivity contribution in [3.63, 3.8) is 0 Å². The molecule has 3 aromatic rings. The second-order valence-corrected chi connectivity index (χ2v) is 4.27. The molecule has 1 aromatic heterocycles. The van der Waals surface area contributed by atoms with Crippen LogP contribution in [0.2, 0.25) is 0 Å². The van der Waals surface area contributed by atoms with E-state index < -0.39 is 12.6 Å². The molecule has 0 bridgehead atoms. The van der Waals surface area contributed by atoms with Crippen molar-refractivity contribution in [2.24, 2.45) is 0 Å². The van der Waals surface area contributed by atoms with Crippen LogP contribution in [0.1, 0.15) is 0 Å². The largest absolute Gasteiger partial charge is 0.482 e. The molecule has 0 atom stereocenters. The highest BCUT2D eigenvalue weighted by atomic mass is 16.5. The number of fused-ring (bicyclic) bond motifs is 2. The smallest absolute Gasteiger partial charge is 0.341 e. The average molecular weight is 270 g/mol. The molecule has 3 rings (SSSR count). The van der Waals surface area contributed by atoms with Crippen LogP contribution in [-0.4, -0.2) is 17.7 Å². The number of aliphatic carboxylic acids is 1. The van der Waals surface area contributed by atoms with Crippen LogP contribution < -0.4 is 10.2 Å². The molecule has 0 amide bonds. The molecule has 0 aliphatic carbocycles. The molecule has 0 aliphatic heterocycles. The fourth-order valence-corrected chi connectivity index (χ4v) is 2.02. The Balaban J connectivity index is 2.17. The summed E-state index contributed by atoms with van der Waals surface area (Å²) in [4.78, 5) is 22.7. The van der Waals surface area contributed by atoms with E-state index in [0.29, 0.717) is 27.7 Å². The predicted molar refractivity (Wildman–Crippen MR) is 73.1 cm³/mol. The minimum absolute atomic E-state index is 0.119. The summed E-state index contributed by atoms with van der Waals surface area (Å²) in [5.74, 6) is -0.719. The van der Waals surface area contributed by atoms with Crippen molar-refractivity contribution in [3.05, 3.63) is 52.7 Å². The van der Waals surface area contributed by atoms with E-state index in [4.69, 9.17) is 14.3 Å². The van der Waals surface area contributed by atoms with Crippen molar-refractivity contribution in [2.75, 3.05) is 6.61 Å². The van der Waals surface area contributed by atoms with E-state index in [9.17, 15) is 9.59 Å². The maximum absolute atomic E-state index is 12.3. The molecule has 0 radical (unpaired) electrons. The summed E-state index contributed by atoms with van der Waals surface area (Å²) in [5.41, 5.74) is 0.739. The normalized spacial score (nSPS) is 10.8. The summed E-state index contributed by atoms with van der Waals surface area (Å²) in [6.07, 6.45) is 0. The molecule has 1 N–H and O–H groups in total. The lowest BCUT2D eigenvalue weighted by molar-refractivity contribution is -0.139. The van der Waals surface area contributed by atoms with E-state index in [0.717, 1.165) is 0 Å². The first-order valence-electron chi connectivity index (χ1n) is 5.95. The van der Waals surface area contributed by atoms with Crippen molar-refractivity contribution in [1.29, 1.82) is 0 Å². The van der Waals surface area contributed by atoms with Crippen molar-refractivity contribution in [1.82, 2.24) is 0 Å². The first kappa shape index (κ1) is 12.2. The first-order chi connectivity index (χ1) is 9.65. The molecule has 2 aromatic carbocycles. The summed E-state index contributed by atoms with van der Waals surface area (Å²) in [6, 6.07) is 11.6. The topological polar surface area (TPSA) is 76.7 Å². The molecule has 0 spiro atoms. The molecule has 0 saturated heterocycles. The van der Waals surface area contributed by atoms with E-state index in [1.165, 1.54) is 6.07 Å². The highest BCUT2D eigenvalue weighted by molar-refractivity contribution is 5.90. The maximum Gasteiger partial charge on any atom is 0.341 e. The Morgan fingerprint density at radius 3 is 2.65 bits per heavy atom. The van der Waals surface area contributed by atoms with E-state index in [1.807, 2.05) is 0 Å². The number of para-hydroxylation sites is 1. The van der Waals surface area contributed by atoms with Crippen molar-refractivity contribution < 1.29 is 19.1 Å². The molecule has 5 heteroatoms. The zero-order valence-corrected chi connectivity index (χ0v) is 10.3. The third-order valence-corrected chi connectivity index (χ3v) is 2.91.